The molecular weight excluding hydrogens is 396 g/mol. The fraction of sp³-hybridized carbons (Fsp3) is 0.320. The SMILES string of the molecule is CCOC(=O)CCc1c(C)c2ccc(O[C@H](C)C(=O)c3ccccc3)c(C)c2oc1=O. The van der Waals surface area contributed by atoms with Crippen LogP contribution in [0.1, 0.15) is 47.3 Å². The molecule has 0 amide bonds. The quantitative estimate of drug-likeness (QED) is 0.301. The topological polar surface area (TPSA) is 82.8 Å². The lowest BCUT2D eigenvalue weighted by Crippen LogP contribution is -2.24. The summed E-state index contributed by atoms with van der Waals surface area (Å²) in [5.41, 5.74) is 2.37. The summed E-state index contributed by atoms with van der Waals surface area (Å²) in [5, 5.41) is 0.769. The molecule has 0 aliphatic rings. The van der Waals surface area contributed by atoms with Crippen LogP contribution in [0.15, 0.2) is 51.7 Å². The van der Waals surface area contributed by atoms with E-state index in [1.54, 1.807) is 51.1 Å². The molecule has 0 fully saturated rings. The van der Waals surface area contributed by atoms with E-state index in [1.807, 2.05) is 19.1 Å². The number of rotatable bonds is 8. The minimum Gasteiger partial charge on any atom is -0.482 e. The summed E-state index contributed by atoms with van der Waals surface area (Å²) in [6, 6.07) is 12.5. The van der Waals surface area contributed by atoms with Crippen LogP contribution in [0, 0.1) is 13.8 Å². The van der Waals surface area contributed by atoms with Crippen molar-refractivity contribution in [2.75, 3.05) is 6.61 Å². The van der Waals surface area contributed by atoms with Crippen LogP contribution >= 0.6 is 0 Å². The van der Waals surface area contributed by atoms with Gasteiger partial charge in [-0.1, -0.05) is 30.3 Å². The van der Waals surface area contributed by atoms with E-state index < -0.39 is 11.7 Å². The monoisotopic (exact) mass is 422 g/mol. The lowest BCUT2D eigenvalue weighted by Gasteiger charge is -2.17. The van der Waals surface area contributed by atoms with Gasteiger partial charge in [0.2, 0.25) is 5.78 Å². The average molecular weight is 422 g/mol. The van der Waals surface area contributed by atoms with Gasteiger partial charge in [-0.15, -0.1) is 0 Å². The van der Waals surface area contributed by atoms with Crippen LogP contribution in [-0.2, 0) is 16.0 Å². The van der Waals surface area contributed by atoms with Crippen molar-refractivity contribution in [3.8, 4) is 5.75 Å². The van der Waals surface area contributed by atoms with Gasteiger partial charge in [0.15, 0.2) is 6.10 Å². The second-order valence-electron chi connectivity index (χ2n) is 7.35. The van der Waals surface area contributed by atoms with Gasteiger partial charge in [0.05, 0.1) is 6.61 Å². The zero-order chi connectivity index (χ0) is 22.5. The van der Waals surface area contributed by atoms with Gasteiger partial charge in [-0.2, -0.15) is 0 Å². The molecule has 0 bridgehead atoms. The van der Waals surface area contributed by atoms with E-state index in [9.17, 15) is 14.4 Å². The van der Waals surface area contributed by atoms with E-state index in [0.29, 0.717) is 34.6 Å². The molecule has 0 aliphatic heterocycles. The summed E-state index contributed by atoms with van der Waals surface area (Å²) in [6.07, 6.45) is -0.331. The number of hydrogen-bond donors (Lipinski definition) is 0. The molecule has 0 N–H and O–H groups in total. The van der Waals surface area contributed by atoms with Gasteiger partial charge in [-0.3, -0.25) is 9.59 Å². The Hall–Kier alpha value is -3.41. The standard InChI is InChI=1S/C25H26O6/c1-5-29-22(26)14-12-20-15(2)19-11-13-21(16(3)24(19)31-25(20)28)30-17(4)23(27)18-9-7-6-8-10-18/h6-11,13,17H,5,12,14H2,1-4H3/t17-/m1/s1. The summed E-state index contributed by atoms with van der Waals surface area (Å²) in [5.74, 6) is -0.00320. The molecule has 2 aromatic carbocycles. The van der Waals surface area contributed by atoms with Crippen molar-refractivity contribution < 1.29 is 23.5 Å². The van der Waals surface area contributed by atoms with Gasteiger partial charge in [0.1, 0.15) is 11.3 Å². The summed E-state index contributed by atoms with van der Waals surface area (Å²) in [6.45, 7) is 7.36. The molecule has 1 aromatic heterocycles. The van der Waals surface area contributed by atoms with E-state index >= 15 is 0 Å². The highest BCUT2D eigenvalue weighted by atomic mass is 16.5. The number of carbonyl (C=O) groups is 2. The van der Waals surface area contributed by atoms with Gasteiger partial charge in [-0.25, -0.2) is 4.79 Å². The predicted octanol–water partition coefficient (Wildman–Crippen LogP) is 4.56. The Morgan fingerprint density at radius 1 is 1.03 bits per heavy atom. The third kappa shape index (κ3) is 4.85. The average Bonchev–Trinajstić information content (AvgIpc) is 2.76. The van der Waals surface area contributed by atoms with Crippen molar-refractivity contribution in [2.24, 2.45) is 0 Å². The second kappa shape index (κ2) is 9.60. The molecule has 0 saturated heterocycles. The maximum atomic E-state index is 12.6. The van der Waals surface area contributed by atoms with E-state index in [1.165, 1.54) is 0 Å². The number of Topliss-reactive ketones (excluding diaryl/α,β-unsaturated/α-hetero) is 1. The maximum Gasteiger partial charge on any atom is 0.339 e. The van der Waals surface area contributed by atoms with Crippen LogP contribution in [0.3, 0.4) is 0 Å². The lowest BCUT2D eigenvalue weighted by atomic mass is 10.0. The van der Waals surface area contributed by atoms with Crippen LogP contribution in [0.2, 0.25) is 0 Å². The predicted molar refractivity (Wildman–Crippen MR) is 118 cm³/mol. The van der Waals surface area contributed by atoms with Crippen molar-refractivity contribution in [1.29, 1.82) is 0 Å². The van der Waals surface area contributed by atoms with Crippen LogP contribution in [0.5, 0.6) is 5.75 Å². The first-order valence-corrected chi connectivity index (χ1v) is 10.3. The number of ketones is 1. The van der Waals surface area contributed by atoms with Gasteiger partial charge in [0.25, 0.3) is 0 Å². The highest BCUT2D eigenvalue weighted by Crippen LogP contribution is 2.30. The normalized spacial score (nSPS) is 11.9. The summed E-state index contributed by atoms with van der Waals surface area (Å²) in [7, 11) is 0. The van der Waals surface area contributed by atoms with Gasteiger partial charge >= 0.3 is 11.6 Å². The smallest absolute Gasteiger partial charge is 0.339 e. The Morgan fingerprint density at radius 3 is 2.42 bits per heavy atom. The summed E-state index contributed by atoms with van der Waals surface area (Å²) in [4.78, 5) is 36.9. The lowest BCUT2D eigenvalue weighted by molar-refractivity contribution is -0.143. The number of benzene rings is 2. The molecule has 0 aliphatic carbocycles. The minimum atomic E-state index is -0.699. The Kier molecular flexibility index (Phi) is 6.90. The van der Waals surface area contributed by atoms with Crippen LogP contribution in [0.4, 0.5) is 0 Å². The van der Waals surface area contributed by atoms with E-state index in [2.05, 4.69) is 0 Å². The largest absolute Gasteiger partial charge is 0.482 e. The zero-order valence-corrected chi connectivity index (χ0v) is 18.2. The molecule has 3 rings (SSSR count). The third-order valence-electron chi connectivity index (χ3n) is 5.27. The molecule has 31 heavy (non-hydrogen) atoms. The number of fused-ring (bicyclic) bond motifs is 1. The number of esters is 1. The van der Waals surface area contributed by atoms with Gasteiger partial charge in [0, 0.05) is 28.5 Å². The fourth-order valence-corrected chi connectivity index (χ4v) is 3.53. The van der Waals surface area contributed by atoms with Crippen molar-refractivity contribution in [3.05, 3.63) is 75.1 Å². The highest BCUT2D eigenvalue weighted by molar-refractivity contribution is 5.99. The maximum absolute atomic E-state index is 12.6. The zero-order valence-electron chi connectivity index (χ0n) is 18.2. The fourth-order valence-electron chi connectivity index (χ4n) is 3.53. The Labute approximate surface area is 180 Å². The number of aryl methyl sites for hydroxylation is 2. The molecule has 0 saturated carbocycles. The molecular formula is C25H26O6. The molecule has 6 heteroatoms. The van der Waals surface area contributed by atoms with Crippen molar-refractivity contribution in [1.82, 2.24) is 0 Å². The van der Waals surface area contributed by atoms with Crippen molar-refractivity contribution >= 4 is 22.7 Å². The van der Waals surface area contributed by atoms with Gasteiger partial charge < -0.3 is 13.9 Å². The number of ether oxygens (including phenoxy) is 2. The first kappa shape index (κ1) is 22.3. The van der Waals surface area contributed by atoms with E-state index in [-0.39, 0.29) is 24.6 Å². The van der Waals surface area contributed by atoms with Crippen molar-refractivity contribution in [2.45, 2.75) is 46.6 Å². The van der Waals surface area contributed by atoms with Gasteiger partial charge in [-0.05, 0) is 51.8 Å². The molecule has 1 heterocycles. The van der Waals surface area contributed by atoms with Crippen molar-refractivity contribution in [3.63, 3.8) is 0 Å². The highest BCUT2D eigenvalue weighted by Gasteiger charge is 2.20. The molecule has 6 nitrogen and oxygen atoms in total. The Morgan fingerprint density at radius 2 is 1.74 bits per heavy atom. The Balaban J connectivity index is 1.88. The summed E-state index contributed by atoms with van der Waals surface area (Å²) < 4.78 is 16.4. The third-order valence-corrected chi connectivity index (χ3v) is 5.27. The minimum absolute atomic E-state index is 0.115. The number of carbonyl (C=O) groups excluding carboxylic acids is 2. The first-order valence-electron chi connectivity index (χ1n) is 10.3. The Bertz CT molecular complexity index is 1160. The number of hydrogen-bond acceptors (Lipinski definition) is 6. The van der Waals surface area contributed by atoms with E-state index in [4.69, 9.17) is 13.9 Å². The molecule has 0 radical (unpaired) electrons. The molecule has 0 spiro atoms. The van der Waals surface area contributed by atoms with Crippen LogP contribution < -0.4 is 10.4 Å². The molecule has 162 valence electrons. The van der Waals surface area contributed by atoms with Crippen LogP contribution in [-0.4, -0.2) is 24.5 Å². The summed E-state index contributed by atoms with van der Waals surface area (Å²) >= 11 is 0. The first-order chi connectivity index (χ1) is 14.8. The van der Waals surface area contributed by atoms with Crippen LogP contribution in [0.25, 0.3) is 11.0 Å². The molecule has 0 unspecified atom stereocenters. The molecule has 1 atom stereocenters. The second-order valence-corrected chi connectivity index (χ2v) is 7.35. The van der Waals surface area contributed by atoms with E-state index in [0.717, 1.165) is 10.9 Å². The molecule has 3 aromatic rings.